The second-order valence-corrected chi connectivity index (χ2v) is 8.36. The van der Waals surface area contributed by atoms with Crippen molar-refractivity contribution in [3.05, 3.63) is 0 Å². The minimum Gasteiger partial charge on any atom is -0.477 e. The molecule has 4 heteroatoms. The van der Waals surface area contributed by atoms with Crippen LogP contribution in [0, 0.1) is 0 Å². The van der Waals surface area contributed by atoms with Gasteiger partial charge in [-0.1, -0.05) is 90.4 Å². The summed E-state index contributed by atoms with van der Waals surface area (Å²) in [5.41, 5.74) is 0. The summed E-state index contributed by atoms with van der Waals surface area (Å²) in [6.45, 7) is 2.85. The first-order valence-electron chi connectivity index (χ1n) is 10.6. The van der Waals surface area contributed by atoms with Crippen LogP contribution in [0.2, 0.25) is 0 Å². The molecule has 0 aromatic heterocycles. The van der Waals surface area contributed by atoms with Gasteiger partial charge in [-0.25, -0.2) is 4.79 Å². The Morgan fingerprint density at radius 3 is 1.60 bits per heavy atom. The molecule has 0 heterocycles. The zero-order valence-electron chi connectivity index (χ0n) is 17.1. The molecule has 1 atom stereocenters. The van der Waals surface area contributed by atoms with E-state index in [9.17, 15) is 9.90 Å². The minimum absolute atomic E-state index is 0.0651. The number of carboxylic acids is 1. The molecular formula is C21H44NO3+. The zero-order valence-corrected chi connectivity index (χ0v) is 17.1. The summed E-state index contributed by atoms with van der Waals surface area (Å²) in [6, 6.07) is 0. The van der Waals surface area contributed by atoms with Crippen LogP contribution in [0.25, 0.3) is 0 Å². The molecule has 0 aromatic rings. The third-order valence-electron chi connectivity index (χ3n) is 4.91. The van der Waals surface area contributed by atoms with Crippen molar-refractivity contribution in [3.8, 4) is 0 Å². The van der Waals surface area contributed by atoms with Crippen molar-refractivity contribution in [3.63, 3.8) is 0 Å². The molecule has 0 bridgehead atoms. The molecule has 0 amide bonds. The van der Waals surface area contributed by atoms with E-state index >= 15 is 0 Å². The quantitative estimate of drug-likeness (QED) is 0.268. The Hall–Kier alpha value is -0.610. The largest absolute Gasteiger partial charge is 0.477 e. The number of nitrogens with zero attached hydrogens (tertiary/aromatic N) is 1. The molecule has 0 saturated carbocycles. The van der Waals surface area contributed by atoms with Crippen LogP contribution in [0.5, 0.6) is 0 Å². The molecule has 0 saturated heterocycles. The van der Waals surface area contributed by atoms with Gasteiger partial charge < -0.3 is 14.7 Å². The van der Waals surface area contributed by atoms with Crippen LogP contribution in [-0.4, -0.2) is 54.0 Å². The molecule has 150 valence electrons. The van der Waals surface area contributed by atoms with Gasteiger partial charge in [-0.05, 0) is 6.42 Å². The van der Waals surface area contributed by atoms with Gasteiger partial charge in [0.05, 0.1) is 14.1 Å². The SMILES string of the molecule is CCCCCCCCCCCCCCCC(O)C[N+](C)(C)CC(=O)O. The van der Waals surface area contributed by atoms with Crippen LogP contribution >= 0.6 is 0 Å². The van der Waals surface area contributed by atoms with Crippen LogP contribution in [0.4, 0.5) is 0 Å². The van der Waals surface area contributed by atoms with Crippen molar-refractivity contribution in [2.24, 2.45) is 0 Å². The highest BCUT2D eigenvalue weighted by atomic mass is 16.4. The van der Waals surface area contributed by atoms with E-state index in [0.29, 0.717) is 11.0 Å². The Kier molecular flexibility index (Phi) is 15.2. The number of likely N-dealkylation sites (N-methyl/N-ethyl adjacent to an activating group) is 1. The third kappa shape index (κ3) is 18.0. The summed E-state index contributed by atoms with van der Waals surface area (Å²) in [6.07, 6.45) is 17.7. The molecular weight excluding hydrogens is 314 g/mol. The van der Waals surface area contributed by atoms with E-state index in [1.807, 2.05) is 14.1 Å². The number of quaternary nitrogens is 1. The van der Waals surface area contributed by atoms with Gasteiger partial charge in [-0.3, -0.25) is 0 Å². The molecule has 25 heavy (non-hydrogen) atoms. The number of rotatable bonds is 18. The molecule has 0 fully saturated rings. The average Bonchev–Trinajstić information content (AvgIpc) is 2.50. The number of hydrogen-bond acceptors (Lipinski definition) is 2. The Morgan fingerprint density at radius 2 is 1.20 bits per heavy atom. The number of aliphatic hydroxyl groups excluding tert-OH is 1. The molecule has 0 aliphatic rings. The number of aliphatic hydroxyl groups is 1. The number of carbonyl (C=O) groups is 1. The molecule has 1 unspecified atom stereocenters. The van der Waals surface area contributed by atoms with Crippen LogP contribution in [-0.2, 0) is 4.79 Å². The summed E-state index contributed by atoms with van der Waals surface area (Å²) in [5, 5.41) is 18.9. The zero-order chi connectivity index (χ0) is 19.0. The Morgan fingerprint density at radius 1 is 0.800 bits per heavy atom. The maximum atomic E-state index is 10.8. The second kappa shape index (κ2) is 15.6. The normalized spacial score (nSPS) is 13.1. The molecule has 2 N–H and O–H groups in total. The Labute approximate surface area is 156 Å². The smallest absolute Gasteiger partial charge is 0.359 e. The van der Waals surface area contributed by atoms with Gasteiger partial charge in [0.25, 0.3) is 0 Å². The topological polar surface area (TPSA) is 57.5 Å². The van der Waals surface area contributed by atoms with Gasteiger partial charge in [-0.15, -0.1) is 0 Å². The van der Waals surface area contributed by atoms with Gasteiger partial charge in [0.15, 0.2) is 6.54 Å². The van der Waals surface area contributed by atoms with Gasteiger partial charge in [-0.2, -0.15) is 0 Å². The van der Waals surface area contributed by atoms with Crippen molar-refractivity contribution >= 4 is 5.97 Å². The fourth-order valence-electron chi connectivity index (χ4n) is 3.49. The predicted molar refractivity (Wildman–Crippen MR) is 106 cm³/mol. The highest BCUT2D eigenvalue weighted by Gasteiger charge is 2.23. The Bertz CT molecular complexity index is 318. The van der Waals surface area contributed by atoms with E-state index in [1.54, 1.807) is 0 Å². The first kappa shape index (κ1) is 24.4. The van der Waals surface area contributed by atoms with E-state index in [0.717, 1.165) is 12.8 Å². The third-order valence-corrected chi connectivity index (χ3v) is 4.91. The molecule has 0 aromatic carbocycles. The maximum Gasteiger partial charge on any atom is 0.359 e. The van der Waals surface area contributed by atoms with Crippen LogP contribution in [0.15, 0.2) is 0 Å². The van der Waals surface area contributed by atoms with Crippen molar-refractivity contribution in [2.45, 2.75) is 103 Å². The number of hydrogen-bond donors (Lipinski definition) is 2. The lowest BCUT2D eigenvalue weighted by molar-refractivity contribution is -0.886. The molecule has 0 spiro atoms. The Balaban J connectivity index is 3.36. The summed E-state index contributed by atoms with van der Waals surface area (Å²) >= 11 is 0. The maximum absolute atomic E-state index is 10.8. The van der Waals surface area contributed by atoms with Crippen molar-refractivity contribution in [2.75, 3.05) is 27.2 Å². The summed E-state index contributed by atoms with van der Waals surface area (Å²) in [4.78, 5) is 10.8. The first-order chi connectivity index (χ1) is 11.9. The van der Waals surface area contributed by atoms with Crippen molar-refractivity contribution < 1.29 is 19.5 Å². The standard InChI is InChI=1S/C21H43NO3/c1-4-5-6-7-8-9-10-11-12-13-14-15-16-17-20(23)18-22(2,3)19-21(24)25/h20,23H,4-19H2,1-3H3/p+1. The van der Waals surface area contributed by atoms with E-state index in [2.05, 4.69) is 6.92 Å². The lowest BCUT2D eigenvalue weighted by atomic mass is 10.0. The average molecular weight is 359 g/mol. The summed E-state index contributed by atoms with van der Waals surface area (Å²) in [7, 11) is 3.72. The second-order valence-electron chi connectivity index (χ2n) is 8.36. The van der Waals surface area contributed by atoms with E-state index < -0.39 is 5.97 Å². The van der Waals surface area contributed by atoms with E-state index in [1.165, 1.54) is 77.0 Å². The first-order valence-corrected chi connectivity index (χ1v) is 10.6. The van der Waals surface area contributed by atoms with Gasteiger partial charge >= 0.3 is 5.97 Å². The fourth-order valence-corrected chi connectivity index (χ4v) is 3.49. The summed E-state index contributed by atoms with van der Waals surface area (Å²) < 4.78 is 0.342. The van der Waals surface area contributed by atoms with Crippen LogP contribution in [0.1, 0.15) is 96.8 Å². The predicted octanol–water partition coefficient (Wildman–Crippen LogP) is 4.99. The molecule has 4 nitrogen and oxygen atoms in total. The van der Waals surface area contributed by atoms with E-state index in [-0.39, 0.29) is 12.6 Å². The number of carboxylic acid groups (broad SMARTS) is 1. The number of aliphatic carboxylic acids is 1. The molecule has 0 aliphatic carbocycles. The monoisotopic (exact) mass is 358 g/mol. The molecule has 0 rings (SSSR count). The lowest BCUT2D eigenvalue weighted by Crippen LogP contribution is -2.48. The minimum atomic E-state index is -0.807. The molecule has 0 radical (unpaired) electrons. The highest BCUT2D eigenvalue weighted by Crippen LogP contribution is 2.14. The fraction of sp³-hybridized carbons (Fsp3) is 0.952. The summed E-state index contributed by atoms with van der Waals surface area (Å²) in [5.74, 6) is -0.807. The van der Waals surface area contributed by atoms with Crippen molar-refractivity contribution in [1.82, 2.24) is 0 Å². The van der Waals surface area contributed by atoms with Crippen LogP contribution in [0.3, 0.4) is 0 Å². The lowest BCUT2D eigenvalue weighted by Gasteiger charge is -2.30. The van der Waals surface area contributed by atoms with Crippen LogP contribution < -0.4 is 0 Å². The van der Waals surface area contributed by atoms with Gasteiger partial charge in [0.1, 0.15) is 12.6 Å². The molecule has 0 aliphatic heterocycles. The van der Waals surface area contributed by atoms with Gasteiger partial charge in [0, 0.05) is 0 Å². The number of unbranched alkanes of at least 4 members (excludes halogenated alkanes) is 12. The highest BCUT2D eigenvalue weighted by molar-refractivity contribution is 5.67. The van der Waals surface area contributed by atoms with Crippen molar-refractivity contribution in [1.29, 1.82) is 0 Å². The van der Waals surface area contributed by atoms with E-state index in [4.69, 9.17) is 5.11 Å². The van der Waals surface area contributed by atoms with Gasteiger partial charge in [0.2, 0.25) is 0 Å².